The van der Waals surface area contributed by atoms with E-state index in [0.29, 0.717) is 29.6 Å². The fourth-order valence-corrected chi connectivity index (χ4v) is 8.01. The SMILES string of the molecule is CC[C@H]1CC[C@H]2[C@@H]3CCC4CC(O)(O)CC[C@]4(C)[C@H]3CC[C@]12C. The molecule has 0 radical (unpaired) electrons. The van der Waals surface area contributed by atoms with E-state index in [1.165, 1.54) is 44.9 Å². The fraction of sp³-hybridized carbons (Fsp3) is 1.00. The van der Waals surface area contributed by atoms with Crippen molar-refractivity contribution >= 4 is 0 Å². The normalized spacial score (nSPS) is 54.9. The summed E-state index contributed by atoms with van der Waals surface area (Å²) in [5.41, 5.74) is 0.967. The lowest BCUT2D eigenvalue weighted by atomic mass is 9.44. The number of hydrogen-bond acceptors (Lipinski definition) is 2. The fourth-order valence-electron chi connectivity index (χ4n) is 8.01. The smallest absolute Gasteiger partial charge is 0.162 e. The maximum absolute atomic E-state index is 10.1. The van der Waals surface area contributed by atoms with E-state index < -0.39 is 5.79 Å². The van der Waals surface area contributed by atoms with Gasteiger partial charge in [0, 0.05) is 12.8 Å². The highest BCUT2D eigenvalue weighted by Gasteiger charge is 2.60. The van der Waals surface area contributed by atoms with Crippen LogP contribution >= 0.6 is 0 Å². The van der Waals surface area contributed by atoms with Crippen LogP contribution in [0.5, 0.6) is 0 Å². The average Bonchev–Trinajstić information content (AvgIpc) is 2.84. The van der Waals surface area contributed by atoms with Gasteiger partial charge in [-0.3, -0.25) is 0 Å². The molecular weight excluding hydrogens is 284 g/mol. The van der Waals surface area contributed by atoms with Crippen LogP contribution in [0.4, 0.5) is 0 Å². The molecule has 2 nitrogen and oxygen atoms in total. The van der Waals surface area contributed by atoms with Gasteiger partial charge in [-0.25, -0.2) is 0 Å². The lowest BCUT2D eigenvalue weighted by molar-refractivity contribution is -0.233. The predicted molar refractivity (Wildman–Crippen MR) is 92.7 cm³/mol. The van der Waals surface area contributed by atoms with Crippen molar-refractivity contribution in [1.29, 1.82) is 0 Å². The molecule has 4 saturated carbocycles. The van der Waals surface area contributed by atoms with Crippen molar-refractivity contribution in [3.05, 3.63) is 0 Å². The number of aliphatic hydroxyl groups is 2. The second-order valence-electron chi connectivity index (χ2n) is 10.1. The molecule has 0 spiro atoms. The maximum Gasteiger partial charge on any atom is 0.162 e. The summed E-state index contributed by atoms with van der Waals surface area (Å²) < 4.78 is 0. The van der Waals surface area contributed by atoms with Gasteiger partial charge in [0.2, 0.25) is 0 Å². The minimum Gasteiger partial charge on any atom is -0.366 e. The largest absolute Gasteiger partial charge is 0.366 e. The molecule has 0 bridgehead atoms. The van der Waals surface area contributed by atoms with Crippen LogP contribution in [-0.2, 0) is 0 Å². The number of hydrogen-bond donors (Lipinski definition) is 2. The first-order valence-electron chi connectivity index (χ1n) is 10.2. The van der Waals surface area contributed by atoms with Gasteiger partial charge in [0.25, 0.3) is 0 Å². The van der Waals surface area contributed by atoms with E-state index in [0.717, 1.165) is 30.1 Å². The van der Waals surface area contributed by atoms with Gasteiger partial charge in [-0.15, -0.1) is 0 Å². The van der Waals surface area contributed by atoms with Crippen LogP contribution in [0, 0.1) is 40.4 Å². The molecule has 7 atom stereocenters. The molecule has 2 heteroatoms. The van der Waals surface area contributed by atoms with Crippen LogP contribution in [0.2, 0.25) is 0 Å². The molecule has 0 aromatic rings. The van der Waals surface area contributed by atoms with Gasteiger partial charge >= 0.3 is 0 Å². The van der Waals surface area contributed by atoms with Crippen molar-refractivity contribution in [1.82, 2.24) is 0 Å². The minimum atomic E-state index is -1.39. The Morgan fingerprint density at radius 3 is 2.30 bits per heavy atom. The highest BCUT2D eigenvalue weighted by Crippen LogP contribution is 2.68. The zero-order valence-electron chi connectivity index (χ0n) is 15.4. The Hall–Kier alpha value is -0.0800. The molecule has 0 heterocycles. The van der Waals surface area contributed by atoms with Crippen molar-refractivity contribution in [2.75, 3.05) is 0 Å². The highest BCUT2D eigenvalue weighted by molar-refractivity contribution is 5.09. The minimum absolute atomic E-state index is 0.365. The first-order chi connectivity index (χ1) is 10.8. The van der Waals surface area contributed by atoms with Crippen molar-refractivity contribution < 1.29 is 10.2 Å². The van der Waals surface area contributed by atoms with E-state index in [2.05, 4.69) is 20.8 Å². The Morgan fingerprint density at radius 1 is 0.826 bits per heavy atom. The molecule has 0 aromatic carbocycles. The second kappa shape index (κ2) is 5.21. The topological polar surface area (TPSA) is 40.5 Å². The summed E-state index contributed by atoms with van der Waals surface area (Å²) in [4.78, 5) is 0. The third-order valence-corrected chi connectivity index (χ3v) is 9.39. The molecule has 0 saturated heterocycles. The van der Waals surface area contributed by atoms with E-state index in [1.807, 2.05) is 0 Å². The van der Waals surface area contributed by atoms with Gasteiger partial charge in [-0.05, 0) is 85.4 Å². The van der Waals surface area contributed by atoms with Crippen molar-refractivity contribution in [3.63, 3.8) is 0 Å². The van der Waals surface area contributed by atoms with Crippen LogP contribution < -0.4 is 0 Å². The molecule has 2 N–H and O–H groups in total. The van der Waals surface area contributed by atoms with Crippen molar-refractivity contribution in [3.8, 4) is 0 Å². The van der Waals surface area contributed by atoms with Crippen LogP contribution in [0.1, 0.15) is 85.0 Å². The third kappa shape index (κ3) is 2.27. The Labute approximate surface area is 142 Å². The molecule has 23 heavy (non-hydrogen) atoms. The molecule has 4 aliphatic carbocycles. The summed E-state index contributed by atoms with van der Waals surface area (Å²) >= 11 is 0. The quantitative estimate of drug-likeness (QED) is 0.685. The second-order valence-corrected chi connectivity index (χ2v) is 10.1. The Morgan fingerprint density at radius 2 is 1.57 bits per heavy atom. The zero-order chi connectivity index (χ0) is 16.5. The van der Waals surface area contributed by atoms with Gasteiger partial charge in [0.1, 0.15) is 0 Å². The average molecular weight is 321 g/mol. The van der Waals surface area contributed by atoms with Gasteiger partial charge in [0.05, 0.1) is 0 Å². The monoisotopic (exact) mass is 320 g/mol. The summed E-state index contributed by atoms with van der Waals surface area (Å²) in [5.74, 6) is 2.79. The van der Waals surface area contributed by atoms with E-state index in [4.69, 9.17) is 0 Å². The summed E-state index contributed by atoms with van der Waals surface area (Å²) in [7, 11) is 0. The summed E-state index contributed by atoms with van der Waals surface area (Å²) in [6.45, 7) is 7.50. The maximum atomic E-state index is 10.1. The molecule has 4 fully saturated rings. The lowest BCUT2D eigenvalue weighted by Gasteiger charge is -2.61. The standard InChI is InChI=1S/C21H36O2/c1-4-14-6-8-17-16-7-5-15-13-21(22,23)12-11-20(15,3)18(16)9-10-19(14,17)2/h14-18,22-23H,4-13H2,1-3H3/t14-,15?,16-,17-,18-,19+,20-/m0/s1. The molecule has 1 unspecified atom stereocenters. The molecule has 4 aliphatic rings. The van der Waals surface area contributed by atoms with E-state index in [1.54, 1.807) is 0 Å². The van der Waals surface area contributed by atoms with E-state index in [-0.39, 0.29) is 0 Å². The Balaban J connectivity index is 1.60. The summed E-state index contributed by atoms with van der Waals surface area (Å²) in [6, 6.07) is 0. The lowest BCUT2D eigenvalue weighted by Crippen LogP contribution is -2.55. The van der Waals surface area contributed by atoms with Crippen LogP contribution in [0.3, 0.4) is 0 Å². The molecule has 0 amide bonds. The summed E-state index contributed by atoms with van der Waals surface area (Å²) in [5, 5.41) is 20.3. The van der Waals surface area contributed by atoms with Crippen LogP contribution in [0.25, 0.3) is 0 Å². The number of fused-ring (bicyclic) bond motifs is 5. The van der Waals surface area contributed by atoms with Gasteiger partial charge in [0.15, 0.2) is 5.79 Å². The van der Waals surface area contributed by atoms with Gasteiger partial charge in [-0.1, -0.05) is 27.2 Å². The first kappa shape index (κ1) is 16.4. The molecule has 0 aliphatic heterocycles. The van der Waals surface area contributed by atoms with Gasteiger partial charge in [-0.2, -0.15) is 0 Å². The highest BCUT2D eigenvalue weighted by atomic mass is 16.5. The zero-order valence-corrected chi connectivity index (χ0v) is 15.4. The van der Waals surface area contributed by atoms with E-state index in [9.17, 15) is 10.2 Å². The Bertz CT molecular complexity index is 472. The van der Waals surface area contributed by atoms with Crippen LogP contribution in [-0.4, -0.2) is 16.0 Å². The van der Waals surface area contributed by atoms with Crippen LogP contribution in [0.15, 0.2) is 0 Å². The molecule has 0 aromatic heterocycles. The van der Waals surface area contributed by atoms with E-state index >= 15 is 0 Å². The van der Waals surface area contributed by atoms with Crippen molar-refractivity contribution in [2.45, 2.75) is 90.8 Å². The van der Waals surface area contributed by atoms with Crippen molar-refractivity contribution in [2.24, 2.45) is 40.4 Å². The Kier molecular flexibility index (Phi) is 3.71. The third-order valence-electron chi connectivity index (χ3n) is 9.39. The molecular formula is C21H36O2. The van der Waals surface area contributed by atoms with Gasteiger partial charge < -0.3 is 10.2 Å². The summed E-state index contributed by atoms with van der Waals surface area (Å²) in [6.07, 6.45) is 11.9. The first-order valence-corrected chi connectivity index (χ1v) is 10.2. The predicted octanol–water partition coefficient (Wildman–Crippen LogP) is 4.74. The number of rotatable bonds is 1. The molecule has 132 valence electrons. The molecule has 4 rings (SSSR count).